The Hall–Kier alpha value is -0.460. The topological polar surface area (TPSA) is 79.2 Å². The summed E-state index contributed by atoms with van der Waals surface area (Å²) in [5, 5.41) is 28.7. The molecule has 1 aliphatic heterocycles. The summed E-state index contributed by atoms with van der Waals surface area (Å²) in [6, 6.07) is 0. The van der Waals surface area contributed by atoms with E-state index in [1.807, 2.05) is 0 Å². The maximum absolute atomic E-state index is 9.91. The zero-order valence-corrected chi connectivity index (χ0v) is 20.1. The molecule has 3 N–H and O–H groups in total. The third-order valence-electron chi connectivity index (χ3n) is 6.20. The van der Waals surface area contributed by atoms with Crippen molar-refractivity contribution in [3.05, 3.63) is 12.2 Å². The Morgan fingerprint density at radius 3 is 1.90 bits per heavy atom. The minimum Gasteiger partial charge on any atom is -0.394 e. The average molecular weight is 443 g/mol. The van der Waals surface area contributed by atoms with E-state index in [9.17, 15) is 10.2 Å². The summed E-state index contributed by atoms with van der Waals surface area (Å²) in [4.78, 5) is 0. The third kappa shape index (κ3) is 14.3. The predicted molar refractivity (Wildman–Crippen MR) is 127 cm³/mol. The van der Waals surface area contributed by atoms with Gasteiger partial charge in [0.25, 0.3) is 0 Å². The lowest BCUT2D eigenvalue weighted by molar-refractivity contribution is -0.0938. The molecule has 0 spiro atoms. The lowest BCUT2D eigenvalue weighted by Crippen LogP contribution is -2.42. The second kappa shape index (κ2) is 20.2. The number of hydrogen-bond donors (Lipinski definition) is 3. The van der Waals surface area contributed by atoms with E-state index in [4.69, 9.17) is 14.6 Å². The summed E-state index contributed by atoms with van der Waals surface area (Å²) in [7, 11) is 0. The van der Waals surface area contributed by atoms with Crippen LogP contribution in [0.25, 0.3) is 0 Å². The molecular weight excluding hydrogens is 392 g/mol. The maximum Gasteiger partial charge on any atom is 0.114 e. The van der Waals surface area contributed by atoms with Crippen molar-refractivity contribution < 1.29 is 24.8 Å². The van der Waals surface area contributed by atoms with Crippen LogP contribution in [0.3, 0.4) is 0 Å². The predicted octanol–water partition coefficient (Wildman–Crippen LogP) is 5.30. The van der Waals surface area contributed by atoms with E-state index in [0.717, 1.165) is 12.8 Å². The molecule has 0 aromatic rings. The van der Waals surface area contributed by atoms with Gasteiger partial charge in [-0.2, -0.15) is 0 Å². The minimum absolute atomic E-state index is 0.154. The van der Waals surface area contributed by atoms with E-state index in [1.54, 1.807) is 0 Å². The molecule has 1 heterocycles. The van der Waals surface area contributed by atoms with Crippen LogP contribution in [0.1, 0.15) is 110 Å². The number of hydrogen-bond acceptors (Lipinski definition) is 5. The Labute approximate surface area is 191 Å². The quantitative estimate of drug-likeness (QED) is 0.166. The zero-order chi connectivity index (χ0) is 22.6. The number of allylic oxidation sites excluding steroid dienone is 2. The van der Waals surface area contributed by atoms with Crippen molar-refractivity contribution in [1.29, 1.82) is 0 Å². The molecule has 31 heavy (non-hydrogen) atoms. The smallest absolute Gasteiger partial charge is 0.114 e. The van der Waals surface area contributed by atoms with Crippen LogP contribution in [0.4, 0.5) is 0 Å². The van der Waals surface area contributed by atoms with Crippen LogP contribution in [0, 0.1) is 0 Å². The van der Waals surface area contributed by atoms with Crippen LogP contribution in [0.15, 0.2) is 12.2 Å². The van der Waals surface area contributed by atoms with Gasteiger partial charge in [0.1, 0.15) is 24.4 Å². The summed E-state index contributed by atoms with van der Waals surface area (Å²) in [5.41, 5.74) is 0. The summed E-state index contributed by atoms with van der Waals surface area (Å²) in [6.07, 6.45) is 22.5. The summed E-state index contributed by atoms with van der Waals surface area (Å²) in [5.74, 6) is 0. The normalized spacial score (nSPS) is 22.5. The first-order valence-electron chi connectivity index (χ1n) is 13.1. The largest absolute Gasteiger partial charge is 0.394 e. The van der Waals surface area contributed by atoms with Crippen molar-refractivity contribution in [2.45, 2.75) is 134 Å². The summed E-state index contributed by atoms with van der Waals surface area (Å²) < 4.78 is 11.1. The highest BCUT2D eigenvalue weighted by Crippen LogP contribution is 2.21. The molecule has 0 aromatic heterocycles. The molecule has 184 valence electrons. The maximum atomic E-state index is 9.91. The first-order chi connectivity index (χ1) is 15.2. The molecule has 1 rings (SSSR count). The molecule has 0 aliphatic carbocycles. The van der Waals surface area contributed by atoms with Gasteiger partial charge in [-0.3, -0.25) is 0 Å². The number of aliphatic hydroxyl groups excluding tert-OH is 3. The highest BCUT2D eigenvalue weighted by Gasteiger charge is 2.40. The molecule has 1 fully saturated rings. The Morgan fingerprint density at radius 2 is 1.35 bits per heavy atom. The highest BCUT2D eigenvalue weighted by atomic mass is 16.6. The van der Waals surface area contributed by atoms with Gasteiger partial charge >= 0.3 is 0 Å². The molecule has 0 unspecified atom stereocenters. The lowest BCUT2D eigenvalue weighted by atomic mass is 10.1. The van der Waals surface area contributed by atoms with E-state index >= 15 is 0 Å². The lowest BCUT2D eigenvalue weighted by Gasteiger charge is -2.23. The Kier molecular flexibility index (Phi) is 18.6. The first-order valence-corrected chi connectivity index (χ1v) is 13.1. The molecule has 1 saturated heterocycles. The van der Waals surface area contributed by atoms with Crippen molar-refractivity contribution in [1.82, 2.24) is 0 Å². The standard InChI is InChI=1S/C26H50O5/c1-2-3-4-5-6-7-8-9-10-11-12-13-14-15-16-17-18-19-20-30-26-24(29)22-31-25(26)23(28)21-27/h9-10,23-29H,2-8,11-22H2,1H3/b10-9+/t23-,24+,25-,26-/m1/s1. The molecule has 0 bridgehead atoms. The second-order valence-corrected chi connectivity index (χ2v) is 9.10. The fourth-order valence-corrected chi connectivity index (χ4v) is 4.18. The van der Waals surface area contributed by atoms with Gasteiger partial charge in [0.15, 0.2) is 0 Å². The van der Waals surface area contributed by atoms with Crippen molar-refractivity contribution in [3.8, 4) is 0 Å². The number of rotatable bonds is 21. The fourth-order valence-electron chi connectivity index (χ4n) is 4.18. The van der Waals surface area contributed by atoms with Gasteiger partial charge in [-0.05, 0) is 32.1 Å². The fraction of sp³-hybridized carbons (Fsp3) is 0.923. The molecule has 0 aromatic carbocycles. The molecule has 5 heteroatoms. The van der Waals surface area contributed by atoms with Gasteiger partial charge in [-0.1, -0.05) is 89.7 Å². The second-order valence-electron chi connectivity index (χ2n) is 9.10. The van der Waals surface area contributed by atoms with Gasteiger partial charge in [0.2, 0.25) is 0 Å². The molecule has 0 saturated carbocycles. The van der Waals surface area contributed by atoms with E-state index in [-0.39, 0.29) is 13.2 Å². The zero-order valence-electron chi connectivity index (χ0n) is 20.1. The van der Waals surface area contributed by atoms with Crippen LogP contribution < -0.4 is 0 Å². The Morgan fingerprint density at radius 1 is 0.839 bits per heavy atom. The van der Waals surface area contributed by atoms with Gasteiger partial charge in [0.05, 0.1) is 13.2 Å². The van der Waals surface area contributed by atoms with E-state index in [1.165, 1.54) is 89.9 Å². The number of ether oxygens (including phenoxy) is 2. The van der Waals surface area contributed by atoms with E-state index in [0.29, 0.717) is 6.61 Å². The van der Waals surface area contributed by atoms with Gasteiger partial charge in [-0.15, -0.1) is 0 Å². The molecule has 5 nitrogen and oxygen atoms in total. The van der Waals surface area contributed by atoms with Crippen molar-refractivity contribution in [2.75, 3.05) is 19.8 Å². The van der Waals surface area contributed by atoms with Crippen LogP contribution >= 0.6 is 0 Å². The third-order valence-corrected chi connectivity index (χ3v) is 6.20. The van der Waals surface area contributed by atoms with Crippen LogP contribution in [0.2, 0.25) is 0 Å². The summed E-state index contributed by atoms with van der Waals surface area (Å²) in [6.45, 7) is 2.60. The summed E-state index contributed by atoms with van der Waals surface area (Å²) >= 11 is 0. The highest BCUT2D eigenvalue weighted by molar-refractivity contribution is 4.89. The van der Waals surface area contributed by atoms with Crippen molar-refractivity contribution in [3.63, 3.8) is 0 Å². The van der Waals surface area contributed by atoms with Crippen LogP contribution in [-0.2, 0) is 9.47 Å². The Balaban J connectivity index is 1.83. The van der Waals surface area contributed by atoms with Crippen molar-refractivity contribution in [2.24, 2.45) is 0 Å². The molecule has 0 radical (unpaired) electrons. The van der Waals surface area contributed by atoms with Gasteiger partial charge in [-0.25, -0.2) is 0 Å². The molecule has 4 atom stereocenters. The van der Waals surface area contributed by atoms with E-state index < -0.39 is 24.4 Å². The average Bonchev–Trinajstić information content (AvgIpc) is 3.15. The number of aliphatic hydroxyl groups is 3. The van der Waals surface area contributed by atoms with Gasteiger partial charge < -0.3 is 24.8 Å². The van der Waals surface area contributed by atoms with E-state index in [2.05, 4.69) is 19.1 Å². The Bertz CT molecular complexity index is 415. The minimum atomic E-state index is -1.00. The molecule has 1 aliphatic rings. The molecule has 0 amide bonds. The van der Waals surface area contributed by atoms with Crippen LogP contribution in [-0.4, -0.2) is 59.6 Å². The first kappa shape index (κ1) is 28.6. The SMILES string of the molecule is CCCCCCCC/C=C/CCCCCCCCCCO[C@H]1[C@@H]([C@H](O)CO)OC[C@@H]1O. The molecular formula is C26H50O5. The monoisotopic (exact) mass is 442 g/mol. The van der Waals surface area contributed by atoms with Crippen LogP contribution in [0.5, 0.6) is 0 Å². The van der Waals surface area contributed by atoms with Crippen molar-refractivity contribution >= 4 is 0 Å². The number of unbranched alkanes of at least 4 members (excludes halogenated alkanes) is 14. The van der Waals surface area contributed by atoms with Gasteiger partial charge in [0, 0.05) is 6.61 Å².